The topological polar surface area (TPSA) is 72.2 Å². The zero-order valence-electron chi connectivity index (χ0n) is 12.1. The number of aryl methyl sites for hydroxylation is 2. The highest BCUT2D eigenvalue weighted by atomic mass is 16.6. The van der Waals surface area contributed by atoms with Gasteiger partial charge in [-0.1, -0.05) is 36.4 Å². The summed E-state index contributed by atoms with van der Waals surface area (Å²) in [6.45, 7) is 4.92. The van der Waals surface area contributed by atoms with Crippen molar-refractivity contribution < 1.29 is 9.72 Å². The second-order valence-electron chi connectivity index (χ2n) is 4.91. The number of amides is 1. The van der Waals surface area contributed by atoms with Gasteiger partial charge in [0.15, 0.2) is 0 Å². The summed E-state index contributed by atoms with van der Waals surface area (Å²) in [7, 11) is 0. The quantitative estimate of drug-likeness (QED) is 0.687. The van der Waals surface area contributed by atoms with Gasteiger partial charge in [-0.25, -0.2) is 0 Å². The molecule has 1 amide bonds. The number of hydrogen-bond acceptors (Lipinski definition) is 3. The molecule has 108 valence electrons. The highest BCUT2D eigenvalue weighted by Crippen LogP contribution is 2.40. The largest absolute Gasteiger partial charge is 0.320 e. The normalized spacial score (nSPS) is 10.2. The van der Waals surface area contributed by atoms with Gasteiger partial charge in [-0.05, 0) is 30.5 Å². The molecular weight excluding hydrogens is 268 g/mol. The van der Waals surface area contributed by atoms with Crippen molar-refractivity contribution in [1.82, 2.24) is 0 Å². The standard InChI is InChI=1S/C16H16N2O3/c1-10-9-11(2)15(17-12(3)19)16(18(20)21)14(10)13-7-5-4-6-8-13/h4-9H,1-3H3,(H,17,19). The van der Waals surface area contributed by atoms with E-state index in [0.29, 0.717) is 11.1 Å². The minimum Gasteiger partial charge on any atom is -0.320 e. The first-order chi connectivity index (χ1) is 9.91. The predicted molar refractivity (Wildman–Crippen MR) is 82.3 cm³/mol. The zero-order chi connectivity index (χ0) is 15.6. The lowest BCUT2D eigenvalue weighted by atomic mass is 9.95. The second kappa shape index (κ2) is 5.75. The van der Waals surface area contributed by atoms with E-state index in [1.54, 1.807) is 6.92 Å². The van der Waals surface area contributed by atoms with Crippen LogP contribution < -0.4 is 5.32 Å². The van der Waals surface area contributed by atoms with Crippen LogP contribution >= 0.6 is 0 Å². The number of benzene rings is 2. The number of rotatable bonds is 3. The predicted octanol–water partition coefficient (Wildman–Crippen LogP) is 3.84. The maximum Gasteiger partial charge on any atom is 0.301 e. The van der Waals surface area contributed by atoms with Crippen molar-refractivity contribution >= 4 is 17.3 Å². The lowest BCUT2D eigenvalue weighted by Gasteiger charge is -2.14. The molecule has 0 saturated heterocycles. The molecule has 0 saturated carbocycles. The zero-order valence-corrected chi connectivity index (χ0v) is 12.1. The second-order valence-corrected chi connectivity index (χ2v) is 4.91. The number of hydrogen-bond donors (Lipinski definition) is 1. The Morgan fingerprint density at radius 3 is 2.29 bits per heavy atom. The van der Waals surface area contributed by atoms with E-state index in [4.69, 9.17) is 0 Å². The molecule has 1 N–H and O–H groups in total. The minimum atomic E-state index is -0.437. The molecule has 0 unspecified atom stereocenters. The van der Waals surface area contributed by atoms with E-state index in [9.17, 15) is 14.9 Å². The van der Waals surface area contributed by atoms with Gasteiger partial charge >= 0.3 is 5.69 Å². The van der Waals surface area contributed by atoms with Crippen molar-refractivity contribution in [3.8, 4) is 11.1 Å². The van der Waals surface area contributed by atoms with Crippen LogP contribution in [0.15, 0.2) is 36.4 Å². The number of carbonyl (C=O) groups is 1. The molecule has 0 aromatic heterocycles. The third-order valence-electron chi connectivity index (χ3n) is 3.24. The van der Waals surface area contributed by atoms with Crippen LogP contribution in [0, 0.1) is 24.0 Å². The molecule has 0 bridgehead atoms. The van der Waals surface area contributed by atoms with Gasteiger partial charge in [-0.2, -0.15) is 0 Å². The van der Waals surface area contributed by atoms with Crippen molar-refractivity contribution in [2.45, 2.75) is 20.8 Å². The third-order valence-corrected chi connectivity index (χ3v) is 3.24. The van der Waals surface area contributed by atoms with E-state index in [2.05, 4.69) is 5.32 Å². The summed E-state index contributed by atoms with van der Waals surface area (Å²) in [5.74, 6) is -0.330. The molecule has 0 atom stereocenters. The molecule has 21 heavy (non-hydrogen) atoms. The fourth-order valence-corrected chi connectivity index (χ4v) is 2.45. The molecule has 0 aliphatic rings. The number of nitro benzene ring substituents is 1. The summed E-state index contributed by atoms with van der Waals surface area (Å²) < 4.78 is 0. The Bertz CT molecular complexity index is 709. The monoisotopic (exact) mass is 284 g/mol. The molecule has 0 aliphatic carbocycles. The smallest absolute Gasteiger partial charge is 0.301 e. The number of nitrogens with zero attached hydrogens (tertiary/aromatic N) is 1. The van der Waals surface area contributed by atoms with Gasteiger partial charge in [0.2, 0.25) is 5.91 Å². The summed E-state index contributed by atoms with van der Waals surface area (Å²) in [6, 6.07) is 11.0. The average molecular weight is 284 g/mol. The molecule has 5 nitrogen and oxygen atoms in total. The summed E-state index contributed by atoms with van der Waals surface area (Å²) in [6.07, 6.45) is 0. The van der Waals surface area contributed by atoms with Gasteiger partial charge in [0.05, 0.1) is 10.5 Å². The fourth-order valence-electron chi connectivity index (χ4n) is 2.45. The Morgan fingerprint density at radius 1 is 1.14 bits per heavy atom. The first-order valence-electron chi connectivity index (χ1n) is 6.53. The van der Waals surface area contributed by atoms with Crippen LogP contribution in [0.3, 0.4) is 0 Å². The van der Waals surface area contributed by atoms with Gasteiger partial charge in [0.1, 0.15) is 5.69 Å². The van der Waals surface area contributed by atoms with Crippen LogP contribution in [-0.2, 0) is 4.79 Å². The van der Waals surface area contributed by atoms with Crippen LogP contribution in [0.2, 0.25) is 0 Å². The molecule has 0 radical (unpaired) electrons. The Balaban J connectivity index is 2.80. The van der Waals surface area contributed by atoms with Gasteiger partial charge in [0, 0.05) is 6.92 Å². The Hall–Kier alpha value is -2.69. The molecule has 2 aromatic carbocycles. The first-order valence-corrected chi connectivity index (χ1v) is 6.53. The fraction of sp³-hybridized carbons (Fsp3) is 0.188. The van der Waals surface area contributed by atoms with Gasteiger partial charge in [-0.15, -0.1) is 0 Å². The Labute approximate surface area is 122 Å². The maximum absolute atomic E-state index is 11.6. The number of nitrogens with one attached hydrogen (secondary N) is 1. The SMILES string of the molecule is CC(=O)Nc1c(C)cc(C)c(-c2ccccc2)c1[N+](=O)[O-]. The number of anilines is 1. The molecule has 0 fully saturated rings. The Kier molecular flexibility index (Phi) is 4.03. The third kappa shape index (κ3) is 2.91. The van der Waals surface area contributed by atoms with Gasteiger partial charge in [0.25, 0.3) is 0 Å². The lowest BCUT2D eigenvalue weighted by Crippen LogP contribution is -2.11. The van der Waals surface area contributed by atoms with Crippen molar-refractivity contribution in [2.24, 2.45) is 0 Å². The van der Waals surface area contributed by atoms with Crippen LogP contribution in [0.5, 0.6) is 0 Å². The minimum absolute atomic E-state index is 0.0612. The van der Waals surface area contributed by atoms with E-state index in [1.807, 2.05) is 43.3 Å². The lowest BCUT2D eigenvalue weighted by molar-refractivity contribution is -0.383. The highest BCUT2D eigenvalue weighted by molar-refractivity contribution is 5.96. The molecular formula is C16H16N2O3. The number of nitro groups is 1. The van der Waals surface area contributed by atoms with Crippen LogP contribution in [0.25, 0.3) is 11.1 Å². The summed E-state index contributed by atoms with van der Waals surface area (Å²) >= 11 is 0. The molecule has 5 heteroatoms. The summed E-state index contributed by atoms with van der Waals surface area (Å²) in [5, 5.41) is 14.1. The molecule has 0 aliphatic heterocycles. The van der Waals surface area contributed by atoms with Crippen LogP contribution in [0.4, 0.5) is 11.4 Å². The van der Waals surface area contributed by atoms with Gasteiger partial charge < -0.3 is 5.32 Å². The van der Waals surface area contributed by atoms with Crippen molar-refractivity contribution in [2.75, 3.05) is 5.32 Å². The van der Waals surface area contributed by atoms with Crippen LogP contribution in [0.1, 0.15) is 18.1 Å². The number of carbonyl (C=O) groups excluding carboxylic acids is 1. The van der Waals surface area contributed by atoms with Crippen molar-refractivity contribution in [3.05, 3.63) is 57.6 Å². The van der Waals surface area contributed by atoms with E-state index in [-0.39, 0.29) is 17.3 Å². The molecule has 0 heterocycles. The van der Waals surface area contributed by atoms with Crippen LogP contribution in [-0.4, -0.2) is 10.8 Å². The molecule has 2 aromatic rings. The first kappa shape index (κ1) is 14.7. The van der Waals surface area contributed by atoms with E-state index in [0.717, 1.165) is 11.1 Å². The summed E-state index contributed by atoms with van der Waals surface area (Å²) in [4.78, 5) is 22.5. The van der Waals surface area contributed by atoms with E-state index >= 15 is 0 Å². The maximum atomic E-state index is 11.6. The highest BCUT2D eigenvalue weighted by Gasteiger charge is 2.25. The van der Waals surface area contributed by atoms with Crippen molar-refractivity contribution in [3.63, 3.8) is 0 Å². The van der Waals surface area contributed by atoms with Gasteiger partial charge in [-0.3, -0.25) is 14.9 Å². The van der Waals surface area contributed by atoms with Crippen molar-refractivity contribution in [1.29, 1.82) is 0 Å². The molecule has 2 rings (SSSR count). The Morgan fingerprint density at radius 2 is 1.76 bits per heavy atom. The van der Waals surface area contributed by atoms with E-state index < -0.39 is 4.92 Å². The summed E-state index contributed by atoms with van der Waals surface area (Å²) in [5.41, 5.74) is 2.97. The molecule has 0 spiro atoms. The van der Waals surface area contributed by atoms with E-state index in [1.165, 1.54) is 6.92 Å². The average Bonchev–Trinajstić information content (AvgIpc) is 2.41.